The smallest absolute Gasteiger partial charge is 0.254 e. The summed E-state index contributed by atoms with van der Waals surface area (Å²) in [4.78, 5) is 20.0. The number of nitrogens with one attached hydrogen (secondary N) is 2. The minimum Gasteiger partial charge on any atom is -0.350 e. The van der Waals surface area contributed by atoms with Crippen LogP contribution in [0, 0.1) is 0 Å². The normalized spacial score (nSPS) is 10.4. The first kappa shape index (κ1) is 14.5. The van der Waals surface area contributed by atoms with Gasteiger partial charge in [0.15, 0.2) is 0 Å². The molecule has 6 heteroatoms. The molecule has 1 aromatic heterocycles. The SMILES string of the molecule is CC(C)NC(=O)c1cnc(Nc2ccccc2Br)nc1. The number of rotatable bonds is 4. The summed E-state index contributed by atoms with van der Waals surface area (Å²) in [5.41, 5.74) is 1.31. The van der Waals surface area contributed by atoms with Gasteiger partial charge in [-0.1, -0.05) is 12.1 Å². The first-order chi connectivity index (χ1) is 9.56. The molecule has 1 amide bonds. The molecular weight excluding hydrogens is 320 g/mol. The molecule has 5 nitrogen and oxygen atoms in total. The maximum absolute atomic E-state index is 11.8. The van der Waals surface area contributed by atoms with E-state index in [0.29, 0.717) is 11.5 Å². The number of para-hydroxylation sites is 1. The first-order valence-corrected chi connectivity index (χ1v) is 7.00. The Morgan fingerprint density at radius 3 is 2.45 bits per heavy atom. The fourth-order valence-electron chi connectivity index (χ4n) is 1.54. The largest absolute Gasteiger partial charge is 0.350 e. The number of nitrogens with zero attached hydrogens (tertiary/aromatic N) is 2. The van der Waals surface area contributed by atoms with Crippen molar-refractivity contribution in [1.29, 1.82) is 0 Å². The summed E-state index contributed by atoms with van der Waals surface area (Å²) in [7, 11) is 0. The summed E-state index contributed by atoms with van der Waals surface area (Å²) in [5.74, 6) is 0.269. The fourth-order valence-corrected chi connectivity index (χ4v) is 1.92. The van der Waals surface area contributed by atoms with E-state index in [-0.39, 0.29) is 11.9 Å². The van der Waals surface area contributed by atoms with Crippen LogP contribution in [0.5, 0.6) is 0 Å². The average molecular weight is 335 g/mol. The van der Waals surface area contributed by atoms with Gasteiger partial charge in [-0.3, -0.25) is 4.79 Å². The van der Waals surface area contributed by atoms with Crippen LogP contribution in [0.3, 0.4) is 0 Å². The Balaban J connectivity index is 2.09. The van der Waals surface area contributed by atoms with Gasteiger partial charge >= 0.3 is 0 Å². The van der Waals surface area contributed by atoms with Crippen LogP contribution in [0.15, 0.2) is 41.1 Å². The summed E-state index contributed by atoms with van der Waals surface area (Å²) < 4.78 is 0.922. The second-order valence-electron chi connectivity index (χ2n) is 4.53. The number of halogens is 1. The number of anilines is 2. The molecule has 0 aliphatic carbocycles. The van der Waals surface area contributed by atoms with Crippen molar-refractivity contribution in [2.45, 2.75) is 19.9 Å². The maximum atomic E-state index is 11.8. The number of hydrogen-bond donors (Lipinski definition) is 2. The Labute approximate surface area is 126 Å². The summed E-state index contributed by atoms with van der Waals surface area (Å²) >= 11 is 3.44. The summed E-state index contributed by atoms with van der Waals surface area (Å²) in [5, 5.41) is 5.87. The molecule has 0 spiro atoms. The quantitative estimate of drug-likeness (QED) is 0.901. The molecule has 0 fully saturated rings. The van der Waals surface area contributed by atoms with E-state index in [1.807, 2.05) is 38.1 Å². The van der Waals surface area contributed by atoms with E-state index in [9.17, 15) is 4.79 Å². The van der Waals surface area contributed by atoms with Crippen molar-refractivity contribution in [3.05, 3.63) is 46.7 Å². The standard InChI is InChI=1S/C14H15BrN4O/c1-9(2)18-13(20)10-7-16-14(17-8-10)19-12-6-4-3-5-11(12)15/h3-9H,1-2H3,(H,18,20)(H,16,17,19). The molecule has 0 atom stereocenters. The summed E-state index contributed by atoms with van der Waals surface area (Å²) in [6.07, 6.45) is 3.01. The number of aromatic nitrogens is 2. The number of hydrogen-bond acceptors (Lipinski definition) is 4. The van der Waals surface area contributed by atoms with Crippen molar-refractivity contribution in [1.82, 2.24) is 15.3 Å². The summed E-state index contributed by atoms with van der Waals surface area (Å²) in [6, 6.07) is 7.76. The van der Waals surface area contributed by atoms with E-state index in [2.05, 4.69) is 36.5 Å². The highest BCUT2D eigenvalue weighted by atomic mass is 79.9. The van der Waals surface area contributed by atoms with Gasteiger partial charge in [0.2, 0.25) is 5.95 Å². The van der Waals surface area contributed by atoms with Gasteiger partial charge in [0.05, 0.1) is 11.3 Å². The first-order valence-electron chi connectivity index (χ1n) is 6.20. The summed E-state index contributed by atoms with van der Waals surface area (Å²) in [6.45, 7) is 3.81. The molecule has 0 radical (unpaired) electrons. The zero-order valence-corrected chi connectivity index (χ0v) is 12.8. The van der Waals surface area contributed by atoms with E-state index >= 15 is 0 Å². The topological polar surface area (TPSA) is 66.9 Å². The molecule has 0 aliphatic heterocycles. The Morgan fingerprint density at radius 1 is 1.20 bits per heavy atom. The van der Waals surface area contributed by atoms with Crippen molar-refractivity contribution in [3.63, 3.8) is 0 Å². The predicted molar refractivity (Wildman–Crippen MR) is 82.1 cm³/mol. The molecule has 2 aromatic rings. The van der Waals surface area contributed by atoms with Gasteiger partial charge in [-0.25, -0.2) is 9.97 Å². The number of benzene rings is 1. The van der Waals surface area contributed by atoms with Crippen LogP contribution < -0.4 is 10.6 Å². The molecule has 0 bridgehead atoms. The van der Waals surface area contributed by atoms with E-state index in [0.717, 1.165) is 10.2 Å². The zero-order valence-electron chi connectivity index (χ0n) is 11.2. The molecule has 0 saturated carbocycles. The average Bonchev–Trinajstić information content (AvgIpc) is 2.41. The highest BCUT2D eigenvalue weighted by molar-refractivity contribution is 9.10. The van der Waals surface area contributed by atoms with Crippen molar-refractivity contribution in [3.8, 4) is 0 Å². The third kappa shape index (κ3) is 3.77. The van der Waals surface area contributed by atoms with Gasteiger partial charge in [-0.05, 0) is 41.9 Å². The predicted octanol–water partition coefficient (Wildman–Crippen LogP) is 3.12. The molecule has 0 saturated heterocycles. The van der Waals surface area contributed by atoms with E-state index < -0.39 is 0 Å². The molecule has 1 heterocycles. The van der Waals surface area contributed by atoms with Crippen LogP contribution in [-0.4, -0.2) is 21.9 Å². The van der Waals surface area contributed by atoms with Crippen molar-refractivity contribution < 1.29 is 4.79 Å². The lowest BCUT2D eigenvalue weighted by molar-refractivity contribution is 0.0942. The van der Waals surface area contributed by atoms with Crippen LogP contribution in [0.1, 0.15) is 24.2 Å². The Morgan fingerprint density at radius 2 is 1.85 bits per heavy atom. The van der Waals surface area contributed by atoms with Crippen molar-refractivity contribution in [2.24, 2.45) is 0 Å². The lowest BCUT2D eigenvalue weighted by Crippen LogP contribution is -2.30. The highest BCUT2D eigenvalue weighted by Gasteiger charge is 2.08. The Bertz CT molecular complexity index is 598. The van der Waals surface area contributed by atoms with Crippen molar-refractivity contribution >= 4 is 33.5 Å². The molecule has 2 rings (SSSR count). The van der Waals surface area contributed by atoms with Gasteiger partial charge in [0, 0.05) is 22.9 Å². The maximum Gasteiger partial charge on any atom is 0.254 e. The van der Waals surface area contributed by atoms with Crippen LogP contribution in [-0.2, 0) is 0 Å². The van der Waals surface area contributed by atoms with Crippen LogP contribution in [0.2, 0.25) is 0 Å². The minimum absolute atomic E-state index is 0.0839. The molecule has 0 aliphatic rings. The van der Waals surface area contributed by atoms with Gasteiger partial charge in [0.1, 0.15) is 0 Å². The minimum atomic E-state index is -0.174. The van der Waals surface area contributed by atoms with E-state index in [4.69, 9.17) is 0 Å². The fraction of sp³-hybridized carbons (Fsp3) is 0.214. The second-order valence-corrected chi connectivity index (χ2v) is 5.38. The number of carbonyl (C=O) groups is 1. The number of carbonyl (C=O) groups excluding carboxylic acids is 1. The molecule has 2 N–H and O–H groups in total. The van der Waals surface area contributed by atoms with Gasteiger partial charge in [0.25, 0.3) is 5.91 Å². The third-order valence-corrected chi connectivity index (χ3v) is 3.15. The monoisotopic (exact) mass is 334 g/mol. The van der Waals surface area contributed by atoms with Crippen molar-refractivity contribution in [2.75, 3.05) is 5.32 Å². The molecular formula is C14H15BrN4O. The lowest BCUT2D eigenvalue weighted by atomic mass is 10.3. The van der Waals surface area contributed by atoms with Gasteiger partial charge in [-0.2, -0.15) is 0 Å². The molecule has 104 valence electrons. The zero-order chi connectivity index (χ0) is 14.5. The molecule has 1 aromatic carbocycles. The van der Waals surface area contributed by atoms with Gasteiger partial charge < -0.3 is 10.6 Å². The van der Waals surface area contributed by atoms with Crippen LogP contribution in [0.4, 0.5) is 11.6 Å². The van der Waals surface area contributed by atoms with Crippen LogP contribution >= 0.6 is 15.9 Å². The third-order valence-electron chi connectivity index (χ3n) is 2.45. The molecule has 20 heavy (non-hydrogen) atoms. The Kier molecular flexibility index (Phi) is 4.68. The second kappa shape index (κ2) is 6.47. The van der Waals surface area contributed by atoms with E-state index in [1.54, 1.807) is 0 Å². The Hall–Kier alpha value is -1.95. The van der Waals surface area contributed by atoms with Gasteiger partial charge in [-0.15, -0.1) is 0 Å². The molecule has 0 unspecified atom stereocenters. The lowest BCUT2D eigenvalue weighted by Gasteiger charge is -2.09. The number of amides is 1. The van der Waals surface area contributed by atoms with E-state index in [1.165, 1.54) is 12.4 Å². The highest BCUT2D eigenvalue weighted by Crippen LogP contribution is 2.23. The van der Waals surface area contributed by atoms with Crippen LogP contribution in [0.25, 0.3) is 0 Å².